The van der Waals surface area contributed by atoms with Crippen LogP contribution < -0.4 is 4.84 Å². The summed E-state index contributed by atoms with van der Waals surface area (Å²) >= 11 is 0. The van der Waals surface area contributed by atoms with Crippen LogP contribution in [-0.4, -0.2) is 130 Å². The average molecular weight is 878 g/mol. The Morgan fingerprint density at radius 1 is 1.11 bits per heavy atom. The normalized spacial score (nSPS) is 36.2. The van der Waals surface area contributed by atoms with Crippen molar-refractivity contribution in [2.75, 3.05) is 26.8 Å². The summed E-state index contributed by atoms with van der Waals surface area (Å²) in [4.78, 5) is 39.9. The zero-order chi connectivity index (χ0) is 46.0. The molecule has 5 rings (SSSR count). The highest BCUT2D eigenvalue weighted by Gasteiger charge is 2.50. The Morgan fingerprint density at radius 2 is 1.84 bits per heavy atom. The third-order valence-corrected chi connectivity index (χ3v) is 13.3. The highest BCUT2D eigenvalue weighted by Crippen LogP contribution is 2.40. The molecular formula is C48H71N5O10. The van der Waals surface area contributed by atoms with Crippen molar-refractivity contribution in [3.63, 3.8) is 0 Å². The largest absolute Gasteiger partial charge is 0.459 e. The molecule has 2 bridgehead atoms. The van der Waals surface area contributed by atoms with Gasteiger partial charge in [0, 0.05) is 62.5 Å². The fourth-order valence-electron chi connectivity index (χ4n) is 9.67. The number of cyclic esters (lactones) is 1. The highest BCUT2D eigenvalue weighted by atomic mass is 16.7. The standard InChI is InChI=1S/C48H71N5O10/c1-12-15-24-52(11)39-27-30(5)60-47(45(39)58-14-3)62-44-32(7)43(55)33(8)46(56)61-41(13-2)48(10,57)38-22-17-35(28-59-40(44)26-29(4)42(31(38)6)50-34(9)54)51-63-37-20-18-36(19-21-37)53-25-16-23-49-53/h1,16,18-21,23,25,29-33,38-41,43-45,47,55,57H,13-15,17,22,24,26-28H2,2-11H3/b50-42+,51-35+/t29-,30-,31-,32+,33-,38?,39?,40-,41?,43+,44-,45-,47+,48+/m1/s1. The van der Waals surface area contributed by atoms with Crippen molar-refractivity contribution in [2.24, 2.45) is 39.7 Å². The van der Waals surface area contributed by atoms with E-state index in [1.165, 1.54) is 6.92 Å². The number of oxime groups is 1. The van der Waals surface area contributed by atoms with Crippen LogP contribution in [0.3, 0.4) is 0 Å². The molecule has 3 saturated heterocycles. The summed E-state index contributed by atoms with van der Waals surface area (Å²) in [5, 5.41) is 33.8. The molecule has 3 aliphatic heterocycles. The van der Waals surface area contributed by atoms with E-state index < -0.39 is 72.1 Å². The maximum absolute atomic E-state index is 14.1. The first-order chi connectivity index (χ1) is 30.0. The number of aliphatic hydroxyl groups excluding tert-OH is 1. The van der Waals surface area contributed by atoms with Gasteiger partial charge in [0.05, 0.1) is 48.3 Å². The number of hydrogen-bond donors (Lipinski definition) is 2. The number of aromatic nitrogens is 2. The molecule has 2 N–H and O–H groups in total. The number of benzene rings is 1. The predicted molar refractivity (Wildman–Crippen MR) is 239 cm³/mol. The van der Waals surface area contributed by atoms with Gasteiger partial charge in [0.15, 0.2) is 12.0 Å². The van der Waals surface area contributed by atoms with Gasteiger partial charge in [-0.1, -0.05) is 32.9 Å². The van der Waals surface area contributed by atoms with Crippen molar-refractivity contribution in [3.05, 3.63) is 42.7 Å². The molecule has 348 valence electrons. The molecule has 14 atom stereocenters. The van der Waals surface area contributed by atoms with Crippen molar-refractivity contribution < 1.29 is 48.3 Å². The van der Waals surface area contributed by atoms with Crippen LogP contribution in [0.15, 0.2) is 52.9 Å². The third kappa shape index (κ3) is 12.4. The minimum absolute atomic E-state index is 0.00428. The van der Waals surface area contributed by atoms with Crippen LogP contribution in [0.4, 0.5) is 0 Å². The molecule has 1 aromatic heterocycles. The average Bonchev–Trinajstić information content (AvgIpc) is 3.80. The number of esters is 1. The number of nitrogens with zero attached hydrogens (tertiary/aromatic N) is 5. The SMILES string of the molecule is C#CCCN(C)C1C[C@@H](C)O[C@@H](O[C@@H]2[C@@H](C)[C@H](O)[C@@H](C)C(=O)OC(CC)[C@@](C)(O)C3CC/C(=N\Oc4ccc(-n5cccn5)cc4)CO[C@@H]2C[C@@H](C)/C(=N\C(C)=O)[C@@H]3C)[C@@H]1OCC. The maximum Gasteiger partial charge on any atom is 0.311 e. The molecule has 3 aliphatic rings. The van der Waals surface area contributed by atoms with Crippen LogP contribution in [0, 0.1) is 41.9 Å². The van der Waals surface area contributed by atoms with Crippen LogP contribution in [0.5, 0.6) is 5.75 Å². The van der Waals surface area contributed by atoms with Crippen LogP contribution in [0.25, 0.3) is 5.69 Å². The van der Waals surface area contributed by atoms with Gasteiger partial charge < -0.3 is 38.7 Å². The molecule has 2 aromatic rings. The summed E-state index contributed by atoms with van der Waals surface area (Å²) in [6.07, 6.45) is 6.13. The lowest BCUT2D eigenvalue weighted by atomic mass is 9.69. The van der Waals surface area contributed by atoms with Gasteiger partial charge in [0.1, 0.15) is 17.8 Å². The van der Waals surface area contributed by atoms with Crippen LogP contribution in [0.2, 0.25) is 0 Å². The zero-order valence-corrected chi connectivity index (χ0v) is 38.9. The van der Waals surface area contributed by atoms with Crippen LogP contribution in [-0.2, 0) is 33.3 Å². The Morgan fingerprint density at radius 3 is 2.48 bits per heavy atom. The van der Waals surface area contributed by atoms with E-state index in [1.54, 1.807) is 36.9 Å². The van der Waals surface area contributed by atoms with Crippen molar-refractivity contribution in [3.8, 4) is 23.8 Å². The van der Waals surface area contributed by atoms with E-state index in [9.17, 15) is 19.8 Å². The number of fused-ring (bicyclic) bond motifs is 5. The van der Waals surface area contributed by atoms with E-state index >= 15 is 0 Å². The summed E-state index contributed by atoms with van der Waals surface area (Å²) in [6, 6.07) is 9.10. The van der Waals surface area contributed by atoms with Gasteiger partial charge in [-0.15, -0.1) is 12.3 Å². The van der Waals surface area contributed by atoms with Crippen molar-refractivity contribution in [2.45, 2.75) is 155 Å². The van der Waals surface area contributed by atoms with Crippen molar-refractivity contribution in [1.29, 1.82) is 0 Å². The molecule has 1 amide bonds. The summed E-state index contributed by atoms with van der Waals surface area (Å²) in [6.45, 7) is 17.3. The molecule has 3 fully saturated rings. The molecule has 15 heteroatoms. The second kappa shape index (κ2) is 22.7. The molecule has 1 aromatic carbocycles. The minimum Gasteiger partial charge on any atom is -0.459 e. The first-order valence-corrected chi connectivity index (χ1v) is 22.7. The summed E-state index contributed by atoms with van der Waals surface area (Å²) in [5.74, 6) is -0.962. The van der Waals surface area contributed by atoms with Gasteiger partial charge in [-0.25, -0.2) is 9.67 Å². The fraction of sp³-hybridized carbons (Fsp3) is 0.688. The van der Waals surface area contributed by atoms with Gasteiger partial charge in [-0.05, 0) is 109 Å². The number of terminal acetylenes is 1. The second-order valence-electron chi connectivity index (χ2n) is 17.9. The molecule has 0 aliphatic carbocycles. The van der Waals surface area contributed by atoms with Crippen molar-refractivity contribution in [1.82, 2.24) is 14.7 Å². The summed E-state index contributed by atoms with van der Waals surface area (Å²) in [5.41, 5.74) is 0.391. The number of hydrogen-bond acceptors (Lipinski definition) is 13. The van der Waals surface area contributed by atoms with Gasteiger partial charge in [-0.3, -0.25) is 14.5 Å². The predicted octanol–water partition coefficient (Wildman–Crippen LogP) is 6.02. The Bertz CT molecular complexity index is 1880. The van der Waals surface area contributed by atoms with E-state index in [0.29, 0.717) is 62.4 Å². The number of carbonyl (C=O) groups is 2. The Kier molecular flexibility index (Phi) is 18.1. The van der Waals surface area contributed by atoms with Crippen molar-refractivity contribution >= 4 is 23.3 Å². The lowest BCUT2D eigenvalue weighted by Gasteiger charge is -2.47. The third-order valence-electron chi connectivity index (χ3n) is 13.3. The fourth-order valence-corrected chi connectivity index (χ4v) is 9.67. The monoisotopic (exact) mass is 878 g/mol. The zero-order valence-electron chi connectivity index (χ0n) is 38.9. The molecule has 4 heterocycles. The van der Waals surface area contributed by atoms with E-state index in [0.717, 1.165) is 5.69 Å². The van der Waals surface area contributed by atoms with E-state index in [1.807, 2.05) is 73.0 Å². The molecule has 3 unspecified atom stereocenters. The summed E-state index contributed by atoms with van der Waals surface area (Å²) < 4.78 is 35.0. The van der Waals surface area contributed by atoms with Crippen LogP contribution in [0.1, 0.15) is 101 Å². The molecule has 0 radical (unpaired) electrons. The van der Waals surface area contributed by atoms with Crippen LogP contribution >= 0.6 is 0 Å². The van der Waals surface area contributed by atoms with Gasteiger partial charge in [-0.2, -0.15) is 5.10 Å². The van der Waals surface area contributed by atoms with E-state index in [4.69, 9.17) is 34.9 Å². The Balaban J connectivity index is 1.65. The molecular weight excluding hydrogens is 807 g/mol. The number of rotatable bonds is 11. The molecule has 63 heavy (non-hydrogen) atoms. The number of aliphatic hydroxyl groups is 2. The topological polar surface area (TPSA) is 176 Å². The molecule has 0 spiro atoms. The smallest absolute Gasteiger partial charge is 0.311 e. The number of aliphatic imine (C=N–C) groups is 1. The van der Waals surface area contributed by atoms with E-state index in [2.05, 4.69) is 26.1 Å². The molecule has 0 saturated carbocycles. The number of ether oxygens (including phenoxy) is 5. The highest BCUT2D eigenvalue weighted by molar-refractivity contribution is 5.97. The quantitative estimate of drug-likeness (QED) is 0.153. The lowest BCUT2D eigenvalue weighted by Crippen LogP contribution is -2.59. The van der Waals surface area contributed by atoms with Gasteiger partial charge in [0.25, 0.3) is 0 Å². The number of likely N-dealkylation sites (N-methyl/N-ethyl adjacent to an activating group) is 1. The minimum atomic E-state index is -1.59. The number of carbonyl (C=O) groups excluding carboxylic acids is 2. The Hall–Kier alpha value is -4.01. The van der Waals surface area contributed by atoms with Gasteiger partial charge >= 0.3 is 5.97 Å². The first-order valence-electron chi connectivity index (χ1n) is 22.7. The van der Waals surface area contributed by atoms with Gasteiger partial charge in [0.2, 0.25) is 5.91 Å². The maximum atomic E-state index is 14.1. The second-order valence-corrected chi connectivity index (χ2v) is 17.9. The lowest BCUT2D eigenvalue weighted by molar-refractivity contribution is -0.297. The Labute approximate surface area is 373 Å². The molecule has 15 nitrogen and oxygen atoms in total. The van der Waals surface area contributed by atoms with E-state index in [-0.39, 0.29) is 37.0 Å². The summed E-state index contributed by atoms with van der Waals surface area (Å²) in [7, 11) is 2.02. The number of amides is 1. The first kappa shape index (κ1) is 50.0.